The van der Waals surface area contributed by atoms with E-state index in [0.717, 1.165) is 22.3 Å². The average molecular weight is 520 g/mol. The van der Waals surface area contributed by atoms with E-state index in [-0.39, 0.29) is 18.6 Å². The molecule has 0 aliphatic rings. The van der Waals surface area contributed by atoms with Crippen LogP contribution in [0.4, 0.5) is 4.79 Å². The standard InChI is InChI=1S/C31H37NO6/c1-22(32(30(34)35)19-18-27(20-31(2,3)36)24-8-6-5-7-9-24)23-10-12-25(13-11-23)26-14-16-28(17-15-26)38-21-29(33)37-4/h5-17,22,27,36H,18-21H2,1-4H3,(H,34,35)/t22-,27+/m0/s1. The van der Waals surface area contributed by atoms with Gasteiger partial charge in [-0.05, 0) is 73.9 Å². The lowest BCUT2D eigenvalue weighted by molar-refractivity contribution is -0.142. The number of carbonyl (C=O) groups is 2. The Balaban J connectivity index is 1.69. The molecule has 3 aromatic carbocycles. The van der Waals surface area contributed by atoms with Crippen LogP contribution in [-0.4, -0.2) is 53.0 Å². The highest BCUT2D eigenvalue weighted by Crippen LogP contribution is 2.31. The van der Waals surface area contributed by atoms with Crippen molar-refractivity contribution >= 4 is 12.1 Å². The summed E-state index contributed by atoms with van der Waals surface area (Å²) in [5.41, 5.74) is 3.09. The molecule has 0 aliphatic heterocycles. The molecule has 3 aromatic rings. The SMILES string of the molecule is COC(=O)COc1ccc(-c2ccc([C@H](C)N(CC[C@H](CC(C)(C)O)c3ccccc3)C(=O)O)cc2)cc1. The van der Waals surface area contributed by atoms with Crippen LogP contribution in [-0.2, 0) is 9.53 Å². The number of aliphatic hydroxyl groups is 1. The summed E-state index contributed by atoms with van der Waals surface area (Å²) >= 11 is 0. The Labute approximate surface area is 224 Å². The van der Waals surface area contributed by atoms with Crippen LogP contribution < -0.4 is 4.74 Å². The number of carbonyl (C=O) groups excluding carboxylic acids is 1. The van der Waals surface area contributed by atoms with Crippen LogP contribution in [0.2, 0.25) is 0 Å². The maximum atomic E-state index is 12.2. The van der Waals surface area contributed by atoms with Gasteiger partial charge >= 0.3 is 12.1 Å². The molecule has 0 fully saturated rings. The van der Waals surface area contributed by atoms with Crippen molar-refractivity contribution in [2.75, 3.05) is 20.3 Å². The van der Waals surface area contributed by atoms with E-state index in [1.165, 1.54) is 12.0 Å². The van der Waals surface area contributed by atoms with Crippen molar-refractivity contribution in [2.45, 2.75) is 51.2 Å². The van der Waals surface area contributed by atoms with E-state index in [0.29, 0.717) is 25.1 Å². The number of carboxylic acid groups (broad SMARTS) is 1. The first-order valence-electron chi connectivity index (χ1n) is 12.7. The molecule has 0 aliphatic carbocycles. The number of ether oxygens (including phenoxy) is 2. The van der Waals surface area contributed by atoms with Gasteiger partial charge in [0.2, 0.25) is 0 Å². The van der Waals surface area contributed by atoms with Crippen LogP contribution in [0.3, 0.4) is 0 Å². The number of hydrogen-bond donors (Lipinski definition) is 2. The Morgan fingerprint density at radius 3 is 2.00 bits per heavy atom. The molecule has 0 bridgehead atoms. The van der Waals surface area contributed by atoms with Crippen molar-refractivity contribution in [3.05, 3.63) is 90.0 Å². The number of amides is 1. The Bertz CT molecular complexity index is 1170. The summed E-state index contributed by atoms with van der Waals surface area (Å²) in [6.45, 7) is 5.66. The molecule has 0 spiro atoms. The number of esters is 1. The molecule has 0 heterocycles. The number of hydrogen-bond acceptors (Lipinski definition) is 5. The van der Waals surface area contributed by atoms with Gasteiger partial charge in [-0.3, -0.25) is 0 Å². The Kier molecular flexibility index (Phi) is 9.91. The van der Waals surface area contributed by atoms with E-state index in [1.807, 2.05) is 73.7 Å². The monoisotopic (exact) mass is 519 g/mol. The molecule has 3 rings (SSSR count). The second kappa shape index (κ2) is 13.1. The lowest BCUT2D eigenvalue weighted by Gasteiger charge is -2.31. The molecule has 0 unspecified atom stereocenters. The van der Waals surface area contributed by atoms with Crippen LogP contribution in [0.15, 0.2) is 78.9 Å². The van der Waals surface area contributed by atoms with Gasteiger partial charge < -0.3 is 24.6 Å². The maximum absolute atomic E-state index is 12.2. The fraction of sp³-hybridized carbons (Fsp3) is 0.355. The zero-order chi connectivity index (χ0) is 27.7. The van der Waals surface area contributed by atoms with Crippen molar-refractivity contribution in [3.8, 4) is 16.9 Å². The van der Waals surface area contributed by atoms with Gasteiger partial charge in [-0.1, -0.05) is 66.7 Å². The predicted molar refractivity (Wildman–Crippen MR) is 147 cm³/mol. The quantitative estimate of drug-likeness (QED) is 0.273. The molecular weight excluding hydrogens is 482 g/mol. The van der Waals surface area contributed by atoms with Crippen molar-refractivity contribution in [1.29, 1.82) is 0 Å². The minimum atomic E-state index is -0.973. The van der Waals surface area contributed by atoms with E-state index in [1.54, 1.807) is 26.0 Å². The topological polar surface area (TPSA) is 96.3 Å². The molecule has 0 saturated heterocycles. The summed E-state index contributed by atoms with van der Waals surface area (Å²) in [4.78, 5) is 24.9. The van der Waals surface area contributed by atoms with Crippen LogP contribution in [0.5, 0.6) is 5.75 Å². The van der Waals surface area contributed by atoms with Gasteiger partial charge in [0, 0.05) is 6.54 Å². The third-order valence-electron chi connectivity index (χ3n) is 6.61. The Hall–Kier alpha value is -3.84. The molecule has 0 radical (unpaired) electrons. The highest BCUT2D eigenvalue weighted by Gasteiger charge is 2.26. The summed E-state index contributed by atoms with van der Waals surface area (Å²) < 4.78 is 9.97. The zero-order valence-electron chi connectivity index (χ0n) is 22.5. The Morgan fingerprint density at radius 2 is 1.47 bits per heavy atom. The van der Waals surface area contributed by atoms with Crippen molar-refractivity contribution in [2.24, 2.45) is 0 Å². The summed E-state index contributed by atoms with van der Waals surface area (Å²) in [6, 6.07) is 24.8. The van der Waals surface area contributed by atoms with Crippen molar-refractivity contribution in [1.82, 2.24) is 4.90 Å². The fourth-order valence-corrected chi connectivity index (χ4v) is 4.54. The number of methoxy groups -OCH3 is 1. The van der Waals surface area contributed by atoms with Gasteiger partial charge in [-0.15, -0.1) is 0 Å². The molecule has 1 amide bonds. The lowest BCUT2D eigenvalue weighted by Crippen LogP contribution is -2.34. The largest absolute Gasteiger partial charge is 0.482 e. The van der Waals surface area contributed by atoms with Crippen molar-refractivity contribution < 1.29 is 29.3 Å². The van der Waals surface area contributed by atoms with E-state index in [9.17, 15) is 19.8 Å². The molecule has 2 N–H and O–H groups in total. The molecule has 202 valence electrons. The van der Waals surface area contributed by atoms with Crippen LogP contribution in [0, 0.1) is 0 Å². The van der Waals surface area contributed by atoms with Crippen LogP contribution in [0.1, 0.15) is 56.7 Å². The van der Waals surface area contributed by atoms with E-state index in [2.05, 4.69) is 4.74 Å². The van der Waals surface area contributed by atoms with Crippen molar-refractivity contribution in [3.63, 3.8) is 0 Å². The second-order valence-corrected chi connectivity index (χ2v) is 10.1. The molecule has 7 heteroatoms. The molecular formula is C31H37NO6. The number of nitrogens with zero attached hydrogens (tertiary/aromatic N) is 1. The maximum Gasteiger partial charge on any atom is 0.407 e. The average Bonchev–Trinajstić information content (AvgIpc) is 2.91. The first-order valence-corrected chi connectivity index (χ1v) is 12.7. The number of benzene rings is 3. The van der Waals surface area contributed by atoms with Gasteiger partial charge in [-0.25, -0.2) is 9.59 Å². The van der Waals surface area contributed by atoms with Gasteiger partial charge in [0.05, 0.1) is 18.8 Å². The number of rotatable bonds is 12. The fourth-order valence-electron chi connectivity index (χ4n) is 4.54. The second-order valence-electron chi connectivity index (χ2n) is 10.1. The lowest BCUT2D eigenvalue weighted by atomic mass is 9.85. The minimum absolute atomic E-state index is 0.0344. The van der Waals surface area contributed by atoms with E-state index < -0.39 is 17.7 Å². The van der Waals surface area contributed by atoms with Crippen LogP contribution in [0.25, 0.3) is 11.1 Å². The summed E-state index contributed by atoms with van der Waals surface area (Å²) in [5.74, 6) is 0.161. The van der Waals surface area contributed by atoms with Crippen LogP contribution >= 0.6 is 0 Å². The predicted octanol–water partition coefficient (Wildman–Crippen LogP) is 6.28. The minimum Gasteiger partial charge on any atom is -0.482 e. The molecule has 38 heavy (non-hydrogen) atoms. The van der Waals surface area contributed by atoms with Gasteiger partial charge in [0.15, 0.2) is 6.61 Å². The Morgan fingerprint density at radius 1 is 0.895 bits per heavy atom. The highest BCUT2D eigenvalue weighted by molar-refractivity contribution is 5.71. The van der Waals surface area contributed by atoms with Gasteiger partial charge in [0.1, 0.15) is 5.75 Å². The molecule has 0 saturated carbocycles. The highest BCUT2D eigenvalue weighted by atomic mass is 16.6. The van der Waals surface area contributed by atoms with Gasteiger partial charge in [0.25, 0.3) is 0 Å². The third kappa shape index (κ3) is 8.35. The smallest absolute Gasteiger partial charge is 0.407 e. The zero-order valence-corrected chi connectivity index (χ0v) is 22.5. The molecule has 7 nitrogen and oxygen atoms in total. The summed E-state index contributed by atoms with van der Waals surface area (Å²) in [7, 11) is 1.31. The molecule has 0 aromatic heterocycles. The van der Waals surface area contributed by atoms with E-state index in [4.69, 9.17) is 4.74 Å². The normalized spacial score (nSPS) is 12.9. The molecule has 2 atom stereocenters. The third-order valence-corrected chi connectivity index (χ3v) is 6.61. The summed E-state index contributed by atoms with van der Waals surface area (Å²) in [5, 5.41) is 20.5. The van der Waals surface area contributed by atoms with E-state index >= 15 is 0 Å². The summed E-state index contributed by atoms with van der Waals surface area (Å²) in [6.07, 6.45) is 0.173. The first kappa shape index (κ1) is 28.7. The van der Waals surface area contributed by atoms with Gasteiger partial charge in [-0.2, -0.15) is 0 Å². The first-order chi connectivity index (χ1) is 18.1.